The molecule has 1 heterocycles. The summed E-state index contributed by atoms with van der Waals surface area (Å²) < 4.78 is 5.44. The van der Waals surface area contributed by atoms with Gasteiger partial charge in [-0.2, -0.15) is 0 Å². The average molecular weight is 437 g/mol. The monoisotopic (exact) mass is 436 g/mol. The number of rotatable bonds is 3. The highest BCUT2D eigenvalue weighted by Gasteiger charge is 2.60. The quantitative estimate of drug-likeness (QED) is 0.705. The van der Waals surface area contributed by atoms with Crippen LogP contribution in [0.3, 0.4) is 0 Å². The van der Waals surface area contributed by atoms with Crippen molar-refractivity contribution in [1.29, 1.82) is 0 Å². The molecule has 0 radical (unpaired) electrons. The third-order valence-electron chi connectivity index (χ3n) is 9.70. The molecule has 1 saturated heterocycles. The van der Waals surface area contributed by atoms with E-state index >= 15 is 0 Å². The smallest absolute Gasteiger partial charge is 0.228 e. The van der Waals surface area contributed by atoms with Gasteiger partial charge in [-0.05, 0) is 73.8 Å². The van der Waals surface area contributed by atoms with E-state index in [1.165, 1.54) is 5.70 Å². The van der Waals surface area contributed by atoms with Gasteiger partial charge in [0.1, 0.15) is 5.75 Å². The minimum absolute atomic E-state index is 0.0331. The third-order valence-corrected chi connectivity index (χ3v) is 9.70. The first-order chi connectivity index (χ1) is 15.3. The highest BCUT2D eigenvalue weighted by molar-refractivity contribution is 5.94. The molecule has 0 spiro atoms. The molecule has 4 aliphatic rings. The Morgan fingerprint density at radius 1 is 1.12 bits per heavy atom. The lowest BCUT2D eigenvalue weighted by Gasteiger charge is -2.58. The number of benzene rings is 1. The lowest BCUT2D eigenvalue weighted by atomic mass is 9.49. The average Bonchev–Trinajstić information content (AvgIpc) is 3.14. The number of amides is 2. The summed E-state index contributed by atoms with van der Waals surface area (Å²) in [4.78, 5) is 27.7. The molecular formula is C27H36N2O3. The van der Waals surface area contributed by atoms with Gasteiger partial charge in [-0.15, -0.1) is 0 Å². The van der Waals surface area contributed by atoms with Crippen molar-refractivity contribution in [2.24, 2.45) is 34.5 Å². The second-order valence-electron chi connectivity index (χ2n) is 10.9. The number of likely N-dealkylation sites (tertiary alicyclic amines) is 1. The van der Waals surface area contributed by atoms with Crippen molar-refractivity contribution in [1.82, 2.24) is 4.90 Å². The van der Waals surface area contributed by atoms with Gasteiger partial charge in [0.25, 0.3) is 0 Å². The summed E-state index contributed by atoms with van der Waals surface area (Å²) in [5.41, 5.74) is 2.13. The molecule has 6 atom stereocenters. The van der Waals surface area contributed by atoms with E-state index in [0.717, 1.165) is 44.2 Å². The largest absolute Gasteiger partial charge is 0.495 e. The van der Waals surface area contributed by atoms with E-state index < -0.39 is 0 Å². The fraction of sp³-hybridized carbons (Fsp3) is 0.630. The van der Waals surface area contributed by atoms with Gasteiger partial charge in [0.2, 0.25) is 11.8 Å². The standard InChI is InChI=1S/C27H36N2O3/c1-26-15-13-19-17(9-12-23-27(19,2)16-14-24(30)29(23)3)18(26)10-11-20(26)25(31)28-21-7-5-6-8-22(21)32-4/h5-8,12,17-20H,9-11,13-16H2,1-4H3,(H,28,31)/t17-,18-,19+,20?,26-,27+/m0/s1. The predicted molar refractivity (Wildman–Crippen MR) is 125 cm³/mol. The molecule has 0 aromatic heterocycles. The van der Waals surface area contributed by atoms with Crippen molar-refractivity contribution in [3.05, 3.63) is 36.0 Å². The first-order valence-corrected chi connectivity index (χ1v) is 12.2. The topological polar surface area (TPSA) is 58.6 Å². The van der Waals surface area contributed by atoms with E-state index in [2.05, 4.69) is 25.2 Å². The van der Waals surface area contributed by atoms with Gasteiger partial charge in [0, 0.05) is 30.5 Å². The van der Waals surface area contributed by atoms with Gasteiger partial charge in [0.05, 0.1) is 12.8 Å². The van der Waals surface area contributed by atoms with Crippen molar-refractivity contribution in [2.75, 3.05) is 19.5 Å². The van der Waals surface area contributed by atoms with E-state index in [9.17, 15) is 9.59 Å². The van der Waals surface area contributed by atoms with E-state index in [0.29, 0.717) is 29.9 Å². The molecule has 5 heteroatoms. The highest BCUT2D eigenvalue weighted by atomic mass is 16.5. The van der Waals surface area contributed by atoms with E-state index in [1.54, 1.807) is 7.11 Å². The van der Waals surface area contributed by atoms with Crippen LogP contribution >= 0.6 is 0 Å². The number of allylic oxidation sites excluding steroid dienone is 2. The third kappa shape index (κ3) is 3.03. The van der Waals surface area contributed by atoms with Crippen molar-refractivity contribution in [3.63, 3.8) is 0 Å². The molecule has 3 aliphatic carbocycles. The number of nitrogens with zero attached hydrogens (tertiary/aromatic N) is 1. The maximum atomic E-state index is 13.5. The minimum Gasteiger partial charge on any atom is -0.495 e. The van der Waals surface area contributed by atoms with Crippen LogP contribution < -0.4 is 10.1 Å². The fourth-order valence-electron chi connectivity index (χ4n) is 7.98. The van der Waals surface area contributed by atoms with Crippen LogP contribution in [0.1, 0.15) is 58.8 Å². The van der Waals surface area contributed by atoms with Crippen molar-refractivity contribution in [2.45, 2.75) is 58.8 Å². The van der Waals surface area contributed by atoms with Gasteiger partial charge in [-0.1, -0.05) is 32.1 Å². The van der Waals surface area contributed by atoms with Gasteiger partial charge in [-0.3, -0.25) is 9.59 Å². The second-order valence-corrected chi connectivity index (χ2v) is 10.9. The normalized spacial score (nSPS) is 38.3. The molecule has 172 valence electrons. The van der Waals surface area contributed by atoms with Crippen LogP contribution in [-0.4, -0.2) is 30.9 Å². The van der Waals surface area contributed by atoms with E-state index in [-0.39, 0.29) is 28.6 Å². The van der Waals surface area contributed by atoms with E-state index in [1.807, 2.05) is 36.2 Å². The number of fused-ring (bicyclic) bond motifs is 5. The first-order valence-electron chi connectivity index (χ1n) is 12.2. The zero-order valence-corrected chi connectivity index (χ0v) is 19.8. The Balaban J connectivity index is 1.39. The lowest BCUT2D eigenvalue weighted by Crippen LogP contribution is -2.54. The minimum atomic E-state index is 0.0331. The number of methoxy groups -OCH3 is 1. The number of hydrogen-bond donors (Lipinski definition) is 1. The van der Waals surface area contributed by atoms with Crippen LogP contribution in [-0.2, 0) is 9.59 Å². The summed E-state index contributed by atoms with van der Waals surface area (Å²) in [6.07, 6.45) is 9.31. The van der Waals surface area contributed by atoms with Crippen molar-refractivity contribution in [3.8, 4) is 5.75 Å². The fourth-order valence-corrected chi connectivity index (χ4v) is 7.98. The number of nitrogens with one attached hydrogen (secondary N) is 1. The van der Waals surface area contributed by atoms with Gasteiger partial charge < -0.3 is 15.0 Å². The number of carbonyl (C=O) groups excluding carboxylic acids is 2. The summed E-state index contributed by atoms with van der Waals surface area (Å²) in [5, 5.41) is 3.18. The second kappa shape index (κ2) is 7.64. The molecule has 5 nitrogen and oxygen atoms in total. The number of ether oxygens (including phenoxy) is 1. The van der Waals surface area contributed by atoms with Crippen LogP contribution in [0.4, 0.5) is 5.69 Å². The molecule has 2 amide bonds. The van der Waals surface area contributed by atoms with Gasteiger partial charge >= 0.3 is 0 Å². The maximum Gasteiger partial charge on any atom is 0.228 e. The molecule has 0 bridgehead atoms. The molecule has 5 rings (SSSR count). The SMILES string of the molecule is COc1ccccc1NC(=O)C1CC[C@H]2[C@@H]3CC=C4N(C)C(=O)CC[C@]4(C)[C@@H]3CC[C@]12C. The number of para-hydroxylation sites is 2. The van der Waals surface area contributed by atoms with Crippen molar-refractivity contribution < 1.29 is 14.3 Å². The Bertz CT molecular complexity index is 971. The molecule has 1 aromatic rings. The number of hydrogen-bond acceptors (Lipinski definition) is 3. The molecule has 1 aromatic carbocycles. The van der Waals surface area contributed by atoms with Crippen LogP contribution in [0.15, 0.2) is 36.0 Å². The molecule has 1 N–H and O–H groups in total. The summed E-state index contributed by atoms with van der Waals surface area (Å²) >= 11 is 0. The Kier molecular flexibility index (Phi) is 5.14. The zero-order valence-electron chi connectivity index (χ0n) is 19.8. The Labute approximate surface area is 191 Å². The Morgan fingerprint density at radius 3 is 2.69 bits per heavy atom. The van der Waals surface area contributed by atoms with Crippen LogP contribution in [0.2, 0.25) is 0 Å². The molecule has 3 fully saturated rings. The molecule has 1 aliphatic heterocycles. The van der Waals surface area contributed by atoms with Gasteiger partial charge in [0.15, 0.2) is 0 Å². The summed E-state index contributed by atoms with van der Waals surface area (Å²) in [6.45, 7) is 4.76. The molecular weight excluding hydrogens is 400 g/mol. The zero-order chi connectivity index (χ0) is 22.7. The van der Waals surface area contributed by atoms with Crippen LogP contribution in [0.5, 0.6) is 5.75 Å². The number of anilines is 1. The Hall–Kier alpha value is -2.30. The summed E-state index contributed by atoms with van der Waals surface area (Å²) in [5.74, 6) is 2.90. The number of carbonyl (C=O) groups is 2. The maximum absolute atomic E-state index is 13.5. The van der Waals surface area contributed by atoms with Crippen LogP contribution in [0, 0.1) is 34.5 Å². The molecule has 32 heavy (non-hydrogen) atoms. The first kappa shape index (κ1) is 21.5. The molecule has 2 saturated carbocycles. The highest BCUT2D eigenvalue weighted by Crippen LogP contribution is 2.66. The van der Waals surface area contributed by atoms with Crippen molar-refractivity contribution >= 4 is 17.5 Å². The van der Waals surface area contributed by atoms with Gasteiger partial charge in [-0.25, -0.2) is 0 Å². The van der Waals surface area contributed by atoms with E-state index in [4.69, 9.17) is 4.74 Å². The molecule has 1 unspecified atom stereocenters. The Morgan fingerprint density at radius 2 is 1.91 bits per heavy atom. The lowest BCUT2D eigenvalue weighted by molar-refractivity contribution is -0.137. The van der Waals surface area contributed by atoms with Crippen LogP contribution in [0.25, 0.3) is 0 Å². The predicted octanol–water partition coefficient (Wildman–Crippen LogP) is 5.24. The summed E-state index contributed by atoms with van der Waals surface area (Å²) in [6, 6.07) is 7.65. The number of piperidine rings is 1. The summed E-state index contributed by atoms with van der Waals surface area (Å²) in [7, 11) is 3.59.